The monoisotopic (exact) mass is 488 g/mol. The van der Waals surface area contributed by atoms with Gasteiger partial charge in [0.25, 0.3) is 11.8 Å². The molecule has 0 N–H and O–H groups in total. The van der Waals surface area contributed by atoms with Gasteiger partial charge in [0.15, 0.2) is 0 Å². The molecule has 2 amide bonds. The molecule has 10 heteroatoms. The highest BCUT2D eigenvalue weighted by atomic mass is 35.5. The number of carbonyl (C=O) groups is 2. The zero-order valence-electron chi connectivity index (χ0n) is 18.3. The normalized spacial score (nSPS) is 16.1. The second-order valence-corrected chi connectivity index (χ2v) is 9.21. The third-order valence-electron chi connectivity index (χ3n) is 5.55. The number of likely N-dealkylation sites (tertiary alicyclic amines) is 1. The van der Waals surface area contributed by atoms with E-state index in [1.54, 1.807) is 41.2 Å². The van der Waals surface area contributed by atoms with E-state index >= 15 is 0 Å². The average Bonchev–Trinajstić information content (AvgIpc) is 3.53. The molecule has 3 heterocycles. The Kier molecular flexibility index (Phi) is 7.74. The third kappa shape index (κ3) is 5.79. The van der Waals surface area contributed by atoms with Crippen LogP contribution >= 0.6 is 22.9 Å². The fourth-order valence-corrected chi connectivity index (χ4v) is 4.62. The van der Waals surface area contributed by atoms with Crippen molar-refractivity contribution in [1.82, 2.24) is 20.0 Å². The molecule has 8 nitrogen and oxygen atoms in total. The fourth-order valence-electron chi connectivity index (χ4n) is 3.85. The van der Waals surface area contributed by atoms with Gasteiger partial charge in [-0.2, -0.15) is 0 Å². The first-order valence-electron chi connectivity index (χ1n) is 10.7. The molecule has 1 aromatic carbocycles. The number of ether oxygens (including phenoxy) is 1. The van der Waals surface area contributed by atoms with Crippen LogP contribution in [0.15, 0.2) is 46.2 Å². The molecular weight excluding hydrogens is 464 g/mol. The number of hydrogen-bond donors (Lipinski definition) is 0. The number of halogens is 1. The molecule has 0 saturated carbocycles. The topological polar surface area (TPSA) is 88.8 Å². The van der Waals surface area contributed by atoms with Crippen LogP contribution in [-0.4, -0.2) is 65.2 Å². The SMILES string of the molecule is COCCN(Cc1nnc(-c2cccs2)o1)C(=O)C1CCCN(C(=O)c2ccc(Cl)cc2)C1. The van der Waals surface area contributed by atoms with Gasteiger partial charge in [-0.05, 0) is 48.6 Å². The predicted octanol–water partition coefficient (Wildman–Crippen LogP) is 3.98. The summed E-state index contributed by atoms with van der Waals surface area (Å²) in [7, 11) is 1.59. The van der Waals surface area contributed by atoms with E-state index in [9.17, 15) is 9.59 Å². The first-order chi connectivity index (χ1) is 16.0. The molecular formula is C23H25ClN4O4S. The Morgan fingerprint density at radius 1 is 1.27 bits per heavy atom. The second-order valence-electron chi connectivity index (χ2n) is 7.83. The highest BCUT2D eigenvalue weighted by Gasteiger charge is 2.32. The number of methoxy groups -OCH3 is 1. The Labute approximate surface area is 201 Å². The van der Waals surface area contributed by atoms with E-state index in [4.69, 9.17) is 20.8 Å². The molecule has 2 aromatic heterocycles. The van der Waals surface area contributed by atoms with E-state index in [1.807, 2.05) is 17.5 Å². The maximum atomic E-state index is 13.4. The Balaban J connectivity index is 1.44. The summed E-state index contributed by atoms with van der Waals surface area (Å²) in [5.41, 5.74) is 0.565. The van der Waals surface area contributed by atoms with Crippen molar-refractivity contribution >= 4 is 34.8 Å². The van der Waals surface area contributed by atoms with Crippen molar-refractivity contribution < 1.29 is 18.7 Å². The summed E-state index contributed by atoms with van der Waals surface area (Å²) in [5.74, 6) is 0.373. The maximum Gasteiger partial charge on any atom is 0.257 e. The van der Waals surface area contributed by atoms with Gasteiger partial charge in [0.1, 0.15) is 0 Å². The number of aromatic nitrogens is 2. The number of benzene rings is 1. The lowest BCUT2D eigenvalue weighted by molar-refractivity contribution is -0.138. The van der Waals surface area contributed by atoms with E-state index in [2.05, 4.69) is 10.2 Å². The Hall–Kier alpha value is -2.75. The second kappa shape index (κ2) is 10.9. The summed E-state index contributed by atoms with van der Waals surface area (Å²) >= 11 is 7.45. The summed E-state index contributed by atoms with van der Waals surface area (Å²) < 4.78 is 11.0. The average molecular weight is 489 g/mol. The summed E-state index contributed by atoms with van der Waals surface area (Å²) in [6.45, 7) is 1.97. The minimum absolute atomic E-state index is 0.0449. The highest BCUT2D eigenvalue weighted by molar-refractivity contribution is 7.13. The van der Waals surface area contributed by atoms with Crippen molar-refractivity contribution in [3.05, 3.63) is 58.3 Å². The van der Waals surface area contributed by atoms with Crippen molar-refractivity contribution in [1.29, 1.82) is 0 Å². The summed E-state index contributed by atoms with van der Waals surface area (Å²) in [6, 6.07) is 10.6. The van der Waals surface area contributed by atoms with Gasteiger partial charge in [-0.1, -0.05) is 17.7 Å². The number of piperidine rings is 1. The number of carbonyl (C=O) groups excluding carboxylic acids is 2. The van der Waals surface area contributed by atoms with E-state index in [-0.39, 0.29) is 24.3 Å². The van der Waals surface area contributed by atoms with Crippen LogP contribution in [0, 0.1) is 5.92 Å². The lowest BCUT2D eigenvalue weighted by atomic mass is 9.95. The summed E-state index contributed by atoms with van der Waals surface area (Å²) in [6.07, 6.45) is 1.48. The fraction of sp³-hybridized carbons (Fsp3) is 0.391. The quantitative estimate of drug-likeness (QED) is 0.476. The predicted molar refractivity (Wildman–Crippen MR) is 125 cm³/mol. The van der Waals surface area contributed by atoms with Crippen molar-refractivity contribution in [2.24, 2.45) is 5.92 Å². The molecule has 1 fully saturated rings. The zero-order chi connectivity index (χ0) is 23.2. The first-order valence-corrected chi connectivity index (χ1v) is 12.0. The Morgan fingerprint density at radius 2 is 2.09 bits per heavy atom. The number of amides is 2. The van der Waals surface area contributed by atoms with Crippen LogP contribution in [-0.2, 0) is 16.1 Å². The Morgan fingerprint density at radius 3 is 2.82 bits per heavy atom. The van der Waals surface area contributed by atoms with Crippen LogP contribution in [0.25, 0.3) is 10.8 Å². The first kappa shape index (κ1) is 23.4. The van der Waals surface area contributed by atoms with Crippen molar-refractivity contribution in [3.8, 4) is 10.8 Å². The van der Waals surface area contributed by atoms with E-state index in [0.29, 0.717) is 48.6 Å². The van der Waals surface area contributed by atoms with E-state index < -0.39 is 0 Å². The van der Waals surface area contributed by atoms with E-state index in [1.165, 1.54) is 11.3 Å². The van der Waals surface area contributed by atoms with Crippen LogP contribution < -0.4 is 0 Å². The molecule has 33 heavy (non-hydrogen) atoms. The molecule has 1 atom stereocenters. The van der Waals surface area contributed by atoms with Gasteiger partial charge in [-0.3, -0.25) is 9.59 Å². The molecule has 1 aliphatic rings. The van der Waals surface area contributed by atoms with Crippen LogP contribution in [0.4, 0.5) is 0 Å². The lowest BCUT2D eigenvalue weighted by Gasteiger charge is -2.34. The van der Waals surface area contributed by atoms with Gasteiger partial charge in [-0.25, -0.2) is 0 Å². The van der Waals surface area contributed by atoms with Crippen LogP contribution in [0.2, 0.25) is 5.02 Å². The molecule has 0 radical (unpaired) electrons. The molecule has 0 bridgehead atoms. The van der Waals surface area contributed by atoms with Gasteiger partial charge >= 0.3 is 0 Å². The van der Waals surface area contributed by atoms with Gasteiger partial charge in [0.05, 0.1) is 23.9 Å². The van der Waals surface area contributed by atoms with Gasteiger partial charge < -0.3 is 19.0 Å². The minimum atomic E-state index is -0.299. The summed E-state index contributed by atoms with van der Waals surface area (Å²) in [5, 5.41) is 10.7. The van der Waals surface area contributed by atoms with Crippen LogP contribution in [0.1, 0.15) is 29.1 Å². The molecule has 0 aliphatic carbocycles. The number of nitrogens with zero attached hydrogens (tertiary/aromatic N) is 4. The van der Waals surface area contributed by atoms with E-state index in [0.717, 1.165) is 17.7 Å². The highest BCUT2D eigenvalue weighted by Crippen LogP contribution is 2.25. The Bertz CT molecular complexity index is 1070. The lowest BCUT2D eigenvalue weighted by Crippen LogP contribution is -2.47. The number of hydrogen-bond acceptors (Lipinski definition) is 7. The maximum absolute atomic E-state index is 13.4. The molecule has 174 valence electrons. The largest absolute Gasteiger partial charge is 0.418 e. The molecule has 1 aliphatic heterocycles. The molecule has 0 spiro atoms. The van der Waals surface area contributed by atoms with Gasteiger partial charge in [0, 0.05) is 37.3 Å². The number of thiophene rings is 1. The van der Waals surface area contributed by atoms with Gasteiger partial charge in [0.2, 0.25) is 11.8 Å². The molecule has 1 unspecified atom stereocenters. The number of rotatable bonds is 8. The van der Waals surface area contributed by atoms with Crippen molar-refractivity contribution in [2.45, 2.75) is 19.4 Å². The smallest absolute Gasteiger partial charge is 0.257 e. The van der Waals surface area contributed by atoms with Crippen molar-refractivity contribution in [2.75, 3.05) is 33.4 Å². The summed E-state index contributed by atoms with van der Waals surface area (Å²) in [4.78, 5) is 30.7. The third-order valence-corrected chi connectivity index (χ3v) is 6.66. The van der Waals surface area contributed by atoms with Crippen molar-refractivity contribution in [3.63, 3.8) is 0 Å². The molecule has 1 saturated heterocycles. The molecule has 3 aromatic rings. The van der Waals surface area contributed by atoms with Crippen LogP contribution in [0.3, 0.4) is 0 Å². The standard InChI is InChI=1S/C23H25ClN4O4S/c1-31-12-11-28(15-20-25-26-21(32-20)19-5-3-13-33-19)23(30)17-4-2-10-27(14-17)22(29)16-6-8-18(24)9-7-16/h3,5-9,13,17H,2,4,10-12,14-15H2,1H3. The minimum Gasteiger partial charge on any atom is -0.418 e. The zero-order valence-corrected chi connectivity index (χ0v) is 19.8. The van der Waals surface area contributed by atoms with Crippen LogP contribution in [0.5, 0.6) is 0 Å². The molecule has 4 rings (SSSR count). The van der Waals surface area contributed by atoms with Gasteiger partial charge in [-0.15, -0.1) is 21.5 Å².